The number of carbonyl (C=O) groups is 2. The van der Waals surface area contributed by atoms with Crippen LogP contribution in [0.3, 0.4) is 0 Å². The maximum atomic E-state index is 12.8. The van der Waals surface area contributed by atoms with Crippen LogP contribution >= 0.6 is 11.3 Å². The van der Waals surface area contributed by atoms with Crippen LogP contribution in [0.4, 0.5) is 18.3 Å². The molecule has 0 aliphatic carbocycles. The van der Waals surface area contributed by atoms with Crippen LogP contribution in [0, 0.1) is 0 Å². The third kappa shape index (κ3) is 3.81. The molecule has 2 amide bonds. The maximum Gasteiger partial charge on any atom is 0.416 e. The molecule has 1 unspecified atom stereocenters. The van der Waals surface area contributed by atoms with Gasteiger partial charge >= 0.3 is 6.18 Å². The molecule has 1 saturated heterocycles. The molecular weight excluding hydrogens is 355 g/mol. The number of halogens is 3. The van der Waals surface area contributed by atoms with E-state index in [1.165, 1.54) is 28.4 Å². The van der Waals surface area contributed by atoms with Gasteiger partial charge in [-0.3, -0.25) is 9.59 Å². The highest BCUT2D eigenvalue weighted by molar-refractivity contribution is 7.13. The second-order valence-electron chi connectivity index (χ2n) is 5.56. The van der Waals surface area contributed by atoms with Crippen molar-refractivity contribution in [2.75, 3.05) is 11.9 Å². The number of likely N-dealkylation sites (tertiary alicyclic amines) is 1. The molecule has 3 rings (SSSR count). The summed E-state index contributed by atoms with van der Waals surface area (Å²) < 4.78 is 38.5. The van der Waals surface area contributed by atoms with Crippen molar-refractivity contribution in [2.45, 2.75) is 25.1 Å². The molecule has 1 N–H and O–H groups in total. The van der Waals surface area contributed by atoms with E-state index >= 15 is 0 Å². The average molecular weight is 369 g/mol. The topological polar surface area (TPSA) is 62.3 Å². The number of carbonyl (C=O) groups excluding carboxylic acids is 2. The number of nitrogens with zero attached hydrogens (tertiary/aromatic N) is 2. The van der Waals surface area contributed by atoms with E-state index in [1.807, 2.05) is 0 Å². The van der Waals surface area contributed by atoms with Gasteiger partial charge in [-0.05, 0) is 31.0 Å². The predicted molar refractivity (Wildman–Crippen MR) is 86.2 cm³/mol. The molecule has 25 heavy (non-hydrogen) atoms. The van der Waals surface area contributed by atoms with E-state index in [2.05, 4.69) is 10.3 Å². The van der Waals surface area contributed by atoms with Crippen LogP contribution in [0.5, 0.6) is 0 Å². The first-order chi connectivity index (χ1) is 11.9. The lowest BCUT2D eigenvalue weighted by molar-refractivity contribution is -0.137. The first-order valence-electron chi connectivity index (χ1n) is 7.55. The van der Waals surface area contributed by atoms with Crippen LogP contribution in [-0.4, -0.2) is 34.3 Å². The highest BCUT2D eigenvalue weighted by atomic mass is 32.1. The number of anilines is 1. The lowest BCUT2D eigenvalue weighted by atomic mass is 10.1. The Bertz CT molecular complexity index is 777. The number of rotatable bonds is 3. The van der Waals surface area contributed by atoms with Crippen molar-refractivity contribution in [1.82, 2.24) is 9.88 Å². The molecule has 0 spiro atoms. The Morgan fingerprint density at radius 3 is 2.80 bits per heavy atom. The SMILES string of the molecule is O=C(Nc1nccs1)C1CCCN1C(=O)c1cccc(C(F)(F)F)c1. The van der Waals surface area contributed by atoms with Gasteiger partial charge in [-0.2, -0.15) is 13.2 Å². The van der Waals surface area contributed by atoms with Gasteiger partial charge in [-0.15, -0.1) is 11.3 Å². The first-order valence-corrected chi connectivity index (χ1v) is 8.43. The second kappa shape index (κ2) is 6.83. The Morgan fingerprint density at radius 1 is 1.32 bits per heavy atom. The maximum absolute atomic E-state index is 12.8. The summed E-state index contributed by atoms with van der Waals surface area (Å²) in [6.45, 7) is 0.324. The van der Waals surface area contributed by atoms with Crippen molar-refractivity contribution >= 4 is 28.3 Å². The van der Waals surface area contributed by atoms with Gasteiger partial charge in [0, 0.05) is 23.7 Å². The Morgan fingerprint density at radius 2 is 2.12 bits per heavy atom. The number of aromatic nitrogens is 1. The number of amides is 2. The van der Waals surface area contributed by atoms with E-state index in [9.17, 15) is 22.8 Å². The predicted octanol–water partition coefficient (Wildman–Crippen LogP) is 3.41. The quantitative estimate of drug-likeness (QED) is 0.902. The molecule has 0 saturated carbocycles. The highest BCUT2D eigenvalue weighted by Gasteiger charge is 2.36. The fraction of sp³-hybridized carbons (Fsp3) is 0.312. The van der Waals surface area contributed by atoms with Crippen LogP contribution in [0.25, 0.3) is 0 Å². The number of hydrogen-bond donors (Lipinski definition) is 1. The van der Waals surface area contributed by atoms with Gasteiger partial charge in [0.15, 0.2) is 5.13 Å². The van der Waals surface area contributed by atoms with E-state index in [0.717, 1.165) is 12.1 Å². The number of thiazole rings is 1. The number of alkyl halides is 3. The van der Waals surface area contributed by atoms with Gasteiger partial charge in [0.05, 0.1) is 5.56 Å². The number of hydrogen-bond acceptors (Lipinski definition) is 4. The molecule has 1 aromatic heterocycles. The van der Waals surface area contributed by atoms with E-state index in [4.69, 9.17) is 0 Å². The van der Waals surface area contributed by atoms with Gasteiger partial charge in [-0.25, -0.2) is 4.98 Å². The number of benzene rings is 1. The van der Waals surface area contributed by atoms with Gasteiger partial charge in [0.1, 0.15) is 6.04 Å². The van der Waals surface area contributed by atoms with Crippen LogP contribution in [-0.2, 0) is 11.0 Å². The summed E-state index contributed by atoms with van der Waals surface area (Å²) in [4.78, 5) is 30.2. The summed E-state index contributed by atoms with van der Waals surface area (Å²) in [5.74, 6) is -0.962. The summed E-state index contributed by atoms with van der Waals surface area (Å²) in [5.41, 5.74) is -0.967. The molecule has 1 fully saturated rings. The zero-order chi connectivity index (χ0) is 18.0. The van der Waals surface area contributed by atoms with E-state index < -0.39 is 23.7 Å². The molecule has 1 aliphatic rings. The van der Waals surface area contributed by atoms with Gasteiger partial charge in [0.25, 0.3) is 5.91 Å². The Hall–Kier alpha value is -2.42. The number of nitrogens with one attached hydrogen (secondary N) is 1. The smallest absolute Gasteiger partial charge is 0.327 e. The summed E-state index contributed by atoms with van der Waals surface area (Å²) >= 11 is 1.25. The molecule has 0 radical (unpaired) electrons. The largest absolute Gasteiger partial charge is 0.416 e. The van der Waals surface area contributed by atoms with Gasteiger partial charge in [-0.1, -0.05) is 6.07 Å². The molecule has 2 heterocycles. The van der Waals surface area contributed by atoms with E-state index in [-0.39, 0.29) is 11.5 Å². The summed E-state index contributed by atoms with van der Waals surface area (Å²) in [6, 6.07) is 3.53. The van der Waals surface area contributed by atoms with Crippen molar-refractivity contribution in [2.24, 2.45) is 0 Å². The fourth-order valence-corrected chi connectivity index (χ4v) is 3.28. The molecule has 5 nitrogen and oxygen atoms in total. The van der Waals surface area contributed by atoms with Crippen molar-refractivity contribution in [3.8, 4) is 0 Å². The molecule has 1 aliphatic heterocycles. The third-order valence-corrected chi connectivity index (χ3v) is 4.60. The zero-order valence-corrected chi connectivity index (χ0v) is 13.7. The average Bonchev–Trinajstić information content (AvgIpc) is 3.24. The standard InChI is InChI=1S/C16H14F3N3O2S/c17-16(18,19)11-4-1-3-10(9-11)14(24)22-7-2-5-12(22)13(23)21-15-20-6-8-25-15/h1,3-4,6,8-9,12H,2,5,7H2,(H,20,21,23). The Labute approximate surface area is 145 Å². The van der Waals surface area contributed by atoms with Crippen molar-refractivity contribution < 1.29 is 22.8 Å². The normalized spacial score (nSPS) is 17.6. The molecule has 1 aromatic carbocycles. The fourth-order valence-electron chi connectivity index (χ4n) is 2.75. The molecule has 132 valence electrons. The third-order valence-electron chi connectivity index (χ3n) is 3.92. The second-order valence-corrected chi connectivity index (χ2v) is 6.46. The van der Waals surface area contributed by atoms with E-state index in [0.29, 0.717) is 24.5 Å². The molecule has 2 aromatic rings. The van der Waals surface area contributed by atoms with Crippen LogP contribution in [0.2, 0.25) is 0 Å². The molecular formula is C16H14F3N3O2S. The molecule has 9 heteroatoms. The minimum atomic E-state index is -4.52. The monoisotopic (exact) mass is 369 g/mol. The van der Waals surface area contributed by atoms with Crippen LogP contribution < -0.4 is 5.32 Å². The summed E-state index contributed by atoms with van der Waals surface area (Å²) in [6.07, 6.45) is -1.91. The van der Waals surface area contributed by atoms with Crippen molar-refractivity contribution in [3.05, 3.63) is 47.0 Å². The van der Waals surface area contributed by atoms with Crippen LogP contribution in [0.15, 0.2) is 35.8 Å². The van der Waals surface area contributed by atoms with Gasteiger partial charge in [0.2, 0.25) is 5.91 Å². The van der Waals surface area contributed by atoms with Crippen molar-refractivity contribution in [3.63, 3.8) is 0 Å². The van der Waals surface area contributed by atoms with Gasteiger partial charge < -0.3 is 10.2 Å². The Balaban J connectivity index is 1.78. The summed E-state index contributed by atoms with van der Waals surface area (Å²) in [5, 5.41) is 4.75. The Kier molecular flexibility index (Phi) is 4.76. The lowest BCUT2D eigenvalue weighted by Gasteiger charge is -2.24. The zero-order valence-electron chi connectivity index (χ0n) is 12.9. The van der Waals surface area contributed by atoms with Crippen molar-refractivity contribution in [1.29, 1.82) is 0 Å². The first kappa shape index (κ1) is 17.4. The summed E-state index contributed by atoms with van der Waals surface area (Å²) in [7, 11) is 0. The minimum absolute atomic E-state index is 0.0798. The van der Waals surface area contributed by atoms with E-state index in [1.54, 1.807) is 11.6 Å². The highest BCUT2D eigenvalue weighted by Crippen LogP contribution is 2.30. The lowest BCUT2D eigenvalue weighted by Crippen LogP contribution is -2.43. The van der Waals surface area contributed by atoms with Crippen LogP contribution in [0.1, 0.15) is 28.8 Å². The minimum Gasteiger partial charge on any atom is -0.327 e. The molecule has 1 atom stereocenters. The molecule has 0 bridgehead atoms.